The van der Waals surface area contributed by atoms with Crippen LogP contribution in [0.4, 0.5) is 0 Å². The Labute approximate surface area is 149 Å². The quantitative estimate of drug-likeness (QED) is 0.615. The zero-order chi connectivity index (χ0) is 18.9. The van der Waals surface area contributed by atoms with E-state index in [1.165, 1.54) is 33.5 Å². The van der Waals surface area contributed by atoms with Crippen LogP contribution in [0.5, 0.6) is 11.9 Å². The van der Waals surface area contributed by atoms with Crippen molar-refractivity contribution in [3.8, 4) is 11.9 Å². The maximum atomic E-state index is 13.0. The molecular formula is C16H15N3O6S. The lowest BCUT2D eigenvalue weighted by molar-refractivity contribution is 0.0602. The minimum absolute atomic E-state index is 0.00531. The molecule has 9 nitrogen and oxygen atoms in total. The highest BCUT2D eigenvalue weighted by Crippen LogP contribution is 2.32. The van der Waals surface area contributed by atoms with Gasteiger partial charge < -0.3 is 14.2 Å². The van der Waals surface area contributed by atoms with Crippen LogP contribution in [0.2, 0.25) is 0 Å². The van der Waals surface area contributed by atoms with Crippen molar-refractivity contribution in [2.24, 2.45) is 0 Å². The number of aromatic nitrogens is 3. The third kappa shape index (κ3) is 2.73. The molecule has 0 aliphatic carbocycles. The van der Waals surface area contributed by atoms with Gasteiger partial charge in [-0.05, 0) is 12.1 Å². The van der Waals surface area contributed by atoms with Gasteiger partial charge >= 0.3 is 12.0 Å². The second-order valence-corrected chi connectivity index (χ2v) is 6.88. The molecule has 0 bridgehead atoms. The van der Waals surface area contributed by atoms with Crippen LogP contribution in [0.25, 0.3) is 11.0 Å². The fourth-order valence-electron chi connectivity index (χ4n) is 2.44. The predicted octanol–water partition coefficient (Wildman–Crippen LogP) is 1.47. The molecule has 3 rings (SSSR count). The van der Waals surface area contributed by atoms with Crippen LogP contribution in [-0.2, 0) is 14.8 Å². The van der Waals surface area contributed by atoms with E-state index in [1.54, 1.807) is 18.2 Å². The van der Waals surface area contributed by atoms with Crippen molar-refractivity contribution in [1.82, 2.24) is 13.9 Å². The number of hydrogen-bond acceptors (Lipinski definition) is 8. The fraction of sp³-hybridized carbons (Fsp3) is 0.188. The average Bonchev–Trinajstić information content (AvgIpc) is 3.07. The van der Waals surface area contributed by atoms with Gasteiger partial charge in [-0.3, -0.25) is 0 Å². The van der Waals surface area contributed by atoms with Crippen LogP contribution in [-0.4, -0.2) is 49.7 Å². The molecule has 0 aliphatic rings. The fourth-order valence-corrected chi connectivity index (χ4v) is 3.77. The molecule has 2 aromatic heterocycles. The molecule has 26 heavy (non-hydrogen) atoms. The van der Waals surface area contributed by atoms with E-state index >= 15 is 0 Å². The minimum atomic E-state index is -4.03. The first-order valence-corrected chi connectivity index (χ1v) is 8.78. The highest BCUT2D eigenvalue weighted by atomic mass is 32.2. The number of benzene rings is 1. The molecule has 0 unspecified atom stereocenters. The van der Waals surface area contributed by atoms with Crippen LogP contribution in [0.3, 0.4) is 0 Å². The van der Waals surface area contributed by atoms with E-state index in [-0.39, 0.29) is 33.4 Å². The molecule has 3 aromatic rings. The summed E-state index contributed by atoms with van der Waals surface area (Å²) in [5, 5.41) is 0.111. The maximum absolute atomic E-state index is 13.0. The zero-order valence-electron chi connectivity index (χ0n) is 14.2. The summed E-state index contributed by atoms with van der Waals surface area (Å²) in [5.74, 6) is -0.752. The lowest BCUT2D eigenvalue weighted by Gasteiger charge is -2.08. The van der Waals surface area contributed by atoms with Crippen molar-refractivity contribution in [3.05, 3.63) is 42.1 Å². The third-order valence-corrected chi connectivity index (χ3v) is 5.31. The molecule has 2 heterocycles. The van der Waals surface area contributed by atoms with Crippen molar-refractivity contribution in [1.29, 1.82) is 0 Å². The van der Waals surface area contributed by atoms with Gasteiger partial charge in [-0.2, -0.15) is 9.97 Å². The molecule has 0 N–H and O–H groups in total. The van der Waals surface area contributed by atoms with Gasteiger partial charge in [0.2, 0.25) is 5.88 Å². The number of ether oxygens (including phenoxy) is 3. The molecule has 1 aromatic carbocycles. The summed E-state index contributed by atoms with van der Waals surface area (Å²) >= 11 is 0. The molecule has 10 heteroatoms. The standard InChI is InChI=1S/C16H15N3O6S/c1-23-14-12-11(15(20)24-2)9-19(13(12)17-16(18-14)25-3)26(21,22)10-7-5-4-6-8-10/h4-9H,1-3H3. The average molecular weight is 377 g/mol. The first-order valence-electron chi connectivity index (χ1n) is 7.34. The first-order chi connectivity index (χ1) is 12.4. The summed E-state index contributed by atoms with van der Waals surface area (Å²) in [6.45, 7) is 0. The Morgan fingerprint density at radius 1 is 1.04 bits per heavy atom. The van der Waals surface area contributed by atoms with E-state index in [2.05, 4.69) is 9.97 Å². The van der Waals surface area contributed by atoms with E-state index in [0.717, 1.165) is 10.2 Å². The third-order valence-electron chi connectivity index (χ3n) is 3.64. The Morgan fingerprint density at radius 2 is 1.73 bits per heavy atom. The van der Waals surface area contributed by atoms with Gasteiger partial charge in [0.15, 0.2) is 5.65 Å². The predicted molar refractivity (Wildman–Crippen MR) is 91.0 cm³/mol. The number of nitrogens with zero attached hydrogens (tertiary/aromatic N) is 3. The molecule has 0 saturated heterocycles. The number of esters is 1. The van der Waals surface area contributed by atoms with E-state index < -0.39 is 16.0 Å². The monoisotopic (exact) mass is 377 g/mol. The maximum Gasteiger partial charge on any atom is 0.340 e. The molecular weight excluding hydrogens is 362 g/mol. The smallest absolute Gasteiger partial charge is 0.340 e. The normalized spacial score (nSPS) is 11.3. The van der Waals surface area contributed by atoms with Crippen LogP contribution in [0.1, 0.15) is 10.4 Å². The van der Waals surface area contributed by atoms with Crippen LogP contribution < -0.4 is 9.47 Å². The topological polar surface area (TPSA) is 110 Å². The van der Waals surface area contributed by atoms with E-state index in [9.17, 15) is 13.2 Å². The van der Waals surface area contributed by atoms with Crippen molar-refractivity contribution in [3.63, 3.8) is 0 Å². The number of carbonyl (C=O) groups is 1. The van der Waals surface area contributed by atoms with Crippen molar-refractivity contribution < 1.29 is 27.4 Å². The van der Waals surface area contributed by atoms with Gasteiger partial charge in [0.05, 0.1) is 37.2 Å². The molecule has 0 aliphatic heterocycles. The Morgan fingerprint density at radius 3 is 2.31 bits per heavy atom. The molecule has 0 spiro atoms. The lowest BCUT2D eigenvalue weighted by atomic mass is 10.2. The van der Waals surface area contributed by atoms with E-state index in [1.807, 2.05) is 0 Å². The Hall–Kier alpha value is -3.14. The van der Waals surface area contributed by atoms with Gasteiger partial charge in [-0.15, -0.1) is 0 Å². The van der Waals surface area contributed by atoms with Gasteiger partial charge in [0.25, 0.3) is 10.0 Å². The molecule has 0 atom stereocenters. The number of fused-ring (bicyclic) bond motifs is 1. The van der Waals surface area contributed by atoms with Crippen LogP contribution in [0, 0.1) is 0 Å². The van der Waals surface area contributed by atoms with Crippen molar-refractivity contribution in [2.75, 3.05) is 21.3 Å². The summed E-state index contributed by atoms with van der Waals surface area (Å²) < 4.78 is 41.9. The number of rotatable bonds is 5. The second-order valence-electron chi connectivity index (χ2n) is 5.07. The first kappa shape index (κ1) is 17.7. The second kappa shape index (κ2) is 6.64. The Balaban J connectivity index is 2.41. The van der Waals surface area contributed by atoms with Crippen LogP contribution in [0.15, 0.2) is 41.4 Å². The number of carbonyl (C=O) groups excluding carboxylic acids is 1. The largest absolute Gasteiger partial charge is 0.480 e. The summed E-state index contributed by atoms with van der Waals surface area (Å²) in [5.41, 5.74) is -0.0977. The SMILES string of the molecule is COC(=O)c1cn(S(=O)(=O)c2ccccc2)c2nc(OC)nc(OC)c12. The highest BCUT2D eigenvalue weighted by molar-refractivity contribution is 7.90. The molecule has 0 saturated carbocycles. The van der Waals surface area contributed by atoms with E-state index in [4.69, 9.17) is 14.2 Å². The highest BCUT2D eigenvalue weighted by Gasteiger charge is 2.28. The number of methoxy groups -OCH3 is 3. The lowest BCUT2D eigenvalue weighted by Crippen LogP contribution is -2.13. The van der Waals surface area contributed by atoms with Gasteiger partial charge in [0, 0.05) is 6.20 Å². The molecule has 0 amide bonds. The van der Waals surface area contributed by atoms with Gasteiger partial charge in [0.1, 0.15) is 0 Å². The van der Waals surface area contributed by atoms with E-state index in [0.29, 0.717) is 0 Å². The summed E-state index contributed by atoms with van der Waals surface area (Å²) in [7, 11) is -0.168. The molecule has 0 fully saturated rings. The minimum Gasteiger partial charge on any atom is -0.480 e. The zero-order valence-corrected chi connectivity index (χ0v) is 15.0. The van der Waals surface area contributed by atoms with Gasteiger partial charge in [-0.1, -0.05) is 18.2 Å². The molecule has 0 radical (unpaired) electrons. The van der Waals surface area contributed by atoms with Crippen molar-refractivity contribution >= 4 is 27.0 Å². The van der Waals surface area contributed by atoms with Crippen molar-refractivity contribution in [2.45, 2.75) is 4.90 Å². The summed E-state index contributed by atoms with van der Waals surface area (Å²) in [6, 6.07) is 7.66. The molecule has 136 valence electrons. The Kier molecular flexibility index (Phi) is 4.51. The number of hydrogen-bond donors (Lipinski definition) is 0. The Bertz CT molecular complexity index is 1080. The summed E-state index contributed by atoms with van der Waals surface area (Å²) in [4.78, 5) is 20.3. The van der Waals surface area contributed by atoms with Crippen LogP contribution >= 0.6 is 0 Å². The summed E-state index contributed by atoms with van der Waals surface area (Å²) in [6.07, 6.45) is 1.13. The van der Waals surface area contributed by atoms with Gasteiger partial charge in [-0.25, -0.2) is 17.2 Å².